The number of aromatic amines is 1. The number of aromatic nitrogens is 3. The Kier molecular flexibility index (Phi) is 2.81. The smallest absolute Gasteiger partial charge is 0.177 e. The molecule has 0 saturated carbocycles. The maximum absolute atomic E-state index is 9.74. The van der Waals surface area contributed by atoms with Crippen LogP contribution < -0.4 is 0 Å². The second-order valence-electron chi connectivity index (χ2n) is 3.42. The number of nitriles is 1. The summed E-state index contributed by atoms with van der Waals surface area (Å²) in [6, 6.07) is 3.45. The number of pyridine rings is 1. The Morgan fingerprint density at radius 3 is 3.00 bits per heavy atom. The number of fused-ring (bicyclic) bond motifs is 1. The summed E-state index contributed by atoms with van der Waals surface area (Å²) in [6.07, 6.45) is 0.600. The summed E-state index contributed by atoms with van der Waals surface area (Å²) < 4.78 is 0. The molecule has 0 aliphatic carbocycles. The Balaban J connectivity index is 2.29. The first-order chi connectivity index (χ1) is 7.72. The van der Waals surface area contributed by atoms with E-state index in [2.05, 4.69) is 15.0 Å². The van der Waals surface area contributed by atoms with E-state index in [0.29, 0.717) is 16.7 Å². The number of hydrogen-bond acceptors (Lipinski definition) is 5. The summed E-state index contributed by atoms with van der Waals surface area (Å²) in [6.45, 7) is 0. The minimum atomic E-state index is -1.11. The van der Waals surface area contributed by atoms with Gasteiger partial charge >= 0.3 is 0 Å². The third-order valence-electron chi connectivity index (χ3n) is 2.30. The van der Waals surface area contributed by atoms with Gasteiger partial charge in [-0.25, -0.2) is 9.97 Å². The van der Waals surface area contributed by atoms with E-state index in [1.54, 1.807) is 12.1 Å². The van der Waals surface area contributed by atoms with Crippen molar-refractivity contribution in [2.45, 2.75) is 18.6 Å². The molecule has 3 N–H and O–H groups in total. The van der Waals surface area contributed by atoms with Crippen molar-refractivity contribution in [3.8, 4) is 6.07 Å². The molecular weight excluding hydrogens is 208 g/mol. The average molecular weight is 218 g/mol. The third-order valence-corrected chi connectivity index (χ3v) is 2.30. The fourth-order valence-electron chi connectivity index (χ4n) is 1.43. The Bertz CT molecular complexity index is 531. The van der Waals surface area contributed by atoms with Gasteiger partial charge in [0.05, 0.1) is 30.4 Å². The van der Waals surface area contributed by atoms with E-state index in [1.165, 1.54) is 12.5 Å². The number of nitrogens with zero attached hydrogens (tertiary/aromatic N) is 3. The Morgan fingerprint density at radius 1 is 1.44 bits per heavy atom. The summed E-state index contributed by atoms with van der Waals surface area (Å²) >= 11 is 0. The minimum Gasteiger partial charge on any atom is -0.389 e. The molecule has 0 amide bonds. The minimum absolute atomic E-state index is 0.123. The maximum atomic E-state index is 9.74. The second kappa shape index (κ2) is 4.26. The molecule has 0 saturated heterocycles. The molecule has 0 radical (unpaired) electrons. The highest BCUT2D eigenvalue weighted by Crippen LogP contribution is 2.20. The van der Waals surface area contributed by atoms with Crippen LogP contribution in [0.5, 0.6) is 0 Å². The highest BCUT2D eigenvalue weighted by atomic mass is 16.3. The van der Waals surface area contributed by atoms with E-state index < -0.39 is 12.2 Å². The molecule has 0 aliphatic rings. The van der Waals surface area contributed by atoms with Crippen molar-refractivity contribution in [3.63, 3.8) is 0 Å². The van der Waals surface area contributed by atoms with Crippen LogP contribution in [-0.2, 0) is 0 Å². The molecule has 82 valence electrons. The highest BCUT2D eigenvalue weighted by Gasteiger charge is 2.18. The van der Waals surface area contributed by atoms with Crippen molar-refractivity contribution in [1.29, 1.82) is 5.26 Å². The van der Waals surface area contributed by atoms with Crippen LogP contribution in [0.2, 0.25) is 0 Å². The van der Waals surface area contributed by atoms with Crippen LogP contribution in [-0.4, -0.2) is 31.3 Å². The van der Waals surface area contributed by atoms with Crippen LogP contribution >= 0.6 is 0 Å². The second-order valence-corrected chi connectivity index (χ2v) is 3.42. The molecule has 0 aromatic carbocycles. The quantitative estimate of drug-likeness (QED) is 0.685. The van der Waals surface area contributed by atoms with Gasteiger partial charge in [-0.05, 0) is 6.07 Å². The summed E-state index contributed by atoms with van der Waals surface area (Å²) in [5.41, 5.74) is 1.69. The predicted molar refractivity (Wildman–Crippen MR) is 55.1 cm³/mol. The molecule has 2 unspecified atom stereocenters. The van der Waals surface area contributed by atoms with E-state index in [4.69, 9.17) is 5.26 Å². The van der Waals surface area contributed by atoms with Crippen molar-refractivity contribution < 1.29 is 10.2 Å². The van der Waals surface area contributed by atoms with Gasteiger partial charge in [-0.3, -0.25) is 0 Å². The van der Waals surface area contributed by atoms with Gasteiger partial charge in [0.15, 0.2) is 5.65 Å². The van der Waals surface area contributed by atoms with Gasteiger partial charge < -0.3 is 15.2 Å². The lowest BCUT2D eigenvalue weighted by Crippen LogP contribution is -2.17. The topological polar surface area (TPSA) is 106 Å². The van der Waals surface area contributed by atoms with Crippen LogP contribution in [0.3, 0.4) is 0 Å². The number of imidazole rings is 1. The van der Waals surface area contributed by atoms with Gasteiger partial charge in [-0.2, -0.15) is 5.26 Å². The predicted octanol–water partition coefficient (Wildman–Crippen LogP) is 0.266. The third kappa shape index (κ3) is 1.86. The first-order valence-corrected chi connectivity index (χ1v) is 4.74. The molecular formula is C10H10N4O2. The van der Waals surface area contributed by atoms with Crippen molar-refractivity contribution >= 4 is 11.2 Å². The highest BCUT2D eigenvalue weighted by molar-refractivity contribution is 5.70. The normalized spacial score (nSPS) is 14.6. The zero-order chi connectivity index (χ0) is 11.5. The SMILES string of the molecule is N#CCC(O)C(O)c1cnc2nc[nH]c2c1. The van der Waals surface area contributed by atoms with Gasteiger partial charge in [0.1, 0.15) is 6.10 Å². The molecule has 0 spiro atoms. The zero-order valence-electron chi connectivity index (χ0n) is 8.33. The van der Waals surface area contributed by atoms with E-state index in [-0.39, 0.29) is 6.42 Å². The largest absolute Gasteiger partial charge is 0.389 e. The molecule has 2 aromatic rings. The molecule has 0 fully saturated rings. The van der Waals surface area contributed by atoms with E-state index in [0.717, 1.165) is 0 Å². The van der Waals surface area contributed by atoms with Crippen molar-refractivity contribution in [1.82, 2.24) is 15.0 Å². The molecule has 16 heavy (non-hydrogen) atoms. The van der Waals surface area contributed by atoms with E-state index >= 15 is 0 Å². The first kappa shape index (κ1) is 10.5. The number of nitrogens with one attached hydrogen (secondary N) is 1. The van der Waals surface area contributed by atoms with E-state index in [9.17, 15) is 10.2 Å². The Labute approximate surface area is 91.2 Å². The Hall–Kier alpha value is -1.97. The van der Waals surface area contributed by atoms with E-state index in [1.807, 2.05) is 0 Å². The van der Waals surface area contributed by atoms with Crippen LogP contribution in [0.15, 0.2) is 18.6 Å². The van der Waals surface area contributed by atoms with Gasteiger partial charge in [0.2, 0.25) is 0 Å². The first-order valence-electron chi connectivity index (χ1n) is 4.74. The van der Waals surface area contributed by atoms with Crippen LogP contribution in [0.1, 0.15) is 18.1 Å². The van der Waals surface area contributed by atoms with Crippen LogP contribution in [0.25, 0.3) is 11.2 Å². The molecule has 6 heteroatoms. The van der Waals surface area contributed by atoms with Crippen molar-refractivity contribution in [2.75, 3.05) is 0 Å². The van der Waals surface area contributed by atoms with Crippen molar-refractivity contribution in [3.05, 3.63) is 24.2 Å². The lowest BCUT2D eigenvalue weighted by molar-refractivity contribution is 0.0215. The number of aliphatic hydroxyl groups is 2. The van der Waals surface area contributed by atoms with Gasteiger partial charge in [-0.15, -0.1) is 0 Å². The molecule has 0 aliphatic heterocycles. The fourth-order valence-corrected chi connectivity index (χ4v) is 1.43. The van der Waals surface area contributed by atoms with Gasteiger partial charge in [-0.1, -0.05) is 0 Å². The molecule has 2 aromatic heterocycles. The van der Waals surface area contributed by atoms with Crippen LogP contribution in [0, 0.1) is 11.3 Å². The summed E-state index contributed by atoms with van der Waals surface area (Å²) in [5, 5.41) is 27.6. The number of aliphatic hydroxyl groups excluding tert-OH is 2. The maximum Gasteiger partial charge on any atom is 0.177 e. The standard InChI is InChI=1S/C10H10N4O2/c11-2-1-8(15)9(16)6-3-7-10(12-4-6)14-5-13-7/h3-5,8-9,15-16H,1H2,(H,12,13,14). The molecule has 2 rings (SSSR count). The lowest BCUT2D eigenvalue weighted by atomic mass is 10.0. The number of hydrogen-bond donors (Lipinski definition) is 3. The molecule has 6 nitrogen and oxygen atoms in total. The van der Waals surface area contributed by atoms with Gasteiger partial charge in [0, 0.05) is 11.8 Å². The Morgan fingerprint density at radius 2 is 2.25 bits per heavy atom. The zero-order valence-corrected chi connectivity index (χ0v) is 8.33. The number of H-pyrrole nitrogens is 1. The summed E-state index contributed by atoms with van der Waals surface area (Å²) in [7, 11) is 0. The monoisotopic (exact) mass is 218 g/mol. The molecule has 2 heterocycles. The summed E-state index contributed by atoms with van der Waals surface area (Å²) in [5.74, 6) is 0. The fraction of sp³-hybridized carbons (Fsp3) is 0.300. The van der Waals surface area contributed by atoms with Crippen molar-refractivity contribution in [2.24, 2.45) is 0 Å². The summed E-state index contributed by atoms with van der Waals surface area (Å²) in [4.78, 5) is 10.8. The average Bonchev–Trinajstić information content (AvgIpc) is 2.75. The number of rotatable bonds is 3. The van der Waals surface area contributed by atoms with Gasteiger partial charge in [0.25, 0.3) is 0 Å². The van der Waals surface area contributed by atoms with Crippen LogP contribution in [0.4, 0.5) is 0 Å². The molecule has 0 bridgehead atoms. The molecule has 2 atom stereocenters. The lowest BCUT2D eigenvalue weighted by Gasteiger charge is -2.14.